The minimum atomic E-state index is -3.95. The molecule has 33 heteroatoms. The quantitative estimate of drug-likeness (QED) is 0.0160. The van der Waals surface area contributed by atoms with Gasteiger partial charge in [0.1, 0.15) is 17.3 Å². The third-order valence-electron chi connectivity index (χ3n) is 23.2. The highest BCUT2D eigenvalue weighted by molar-refractivity contribution is 7.89. The second-order valence-electron chi connectivity index (χ2n) is 36.0. The molecule has 0 fully saturated rings. The van der Waals surface area contributed by atoms with Crippen molar-refractivity contribution in [1.82, 2.24) is 38.5 Å². The summed E-state index contributed by atoms with van der Waals surface area (Å²) in [5.74, 6) is -4.75. The number of likely N-dealkylation sites (N-methyl/N-ethyl adjacent to an activating group) is 1. The van der Waals surface area contributed by atoms with Gasteiger partial charge in [0, 0.05) is 82.5 Å². The average Bonchev–Trinajstić information content (AvgIpc) is 0.808. The summed E-state index contributed by atoms with van der Waals surface area (Å²) in [6.07, 6.45) is 11.6. The number of nitrogens with one attached hydrogen (secondary N) is 4. The van der Waals surface area contributed by atoms with Gasteiger partial charge < -0.3 is 54.7 Å². The van der Waals surface area contributed by atoms with Gasteiger partial charge in [0.25, 0.3) is 0 Å². The standard InChI is InChI=1S/C36H48N4O7S2.C34H55N5O4S.C33H50N4O5S/c1-29(41)24-40(49(46,47)28-32-18-10-5-11-19-32)25-33(22-30-14-6-3-7-15-30)23-35(42)34(20-12-13-21-37)38-36(43)26-39(2)48(44,45)27-31-16-8-4-9-17-31;1-27(2)22-31(18-10-12-20-35)34(41)38-32(19-11-13-21-36)24-39(44(42,43)26-30-16-8-5-9-17-30)25-33(40)37-28(3)23-29-14-6-4-7-15-29;1-3-31(22-28-14-8-5-9-15-28)36-33(40)30(21-27-12-6-4-7-13-27)23-32(39)25-37(43(41,42)19-18-35)24-29(20-26(2)38)16-10-11-17-34/h3-11,14-19,33-34H,12-13,20-28,37H2,1-2H3,(H,38,43);4-9,14-17,27-28,31-32H,10-13,18-26,35-36H2,1-3H3,(H,37,40)(H,38,41);4-9,12-15,29-31H,3,10-11,16-25,34-35H2,1-2H3,(H,36,40)/t33-,34+;28-,31-,32+;29-,30-,31-/m111/s1. The number of Topliss-reactive ketones (excluding diaryl/α,β-unsaturated/α-hetero) is 4. The lowest BCUT2D eigenvalue weighted by Crippen LogP contribution is -2.51. The number of benzene rings is 7. The molecule has 0 saturated heterocycles. The zero-order valence-corrected chi connectivity index (χ0v) is 84.2. The third-order valence-corrected chi connectivity index (χ3v) is 30.3. The summed E-state index contributed by atoms with van der Waals surface area (Å²) >= 11 is 0. The number of ketones is 4. The Morgan fingerprint density at radius 1 is 0.346 bits per heavy atom. The van der Waals surface area contributed by atoms with Crippen molar-refractivity contribution in [2.24, 2.45) is 58.3 Å². The van der Waals surface area contributed by atoms with Gasteiger partial charge in [-0.05, 0) is 200 Å². The first kappa shape index (κ1) is 117. The Bertz CT molecular complexity index is 5130. The van der Waals surface area contributed by atoms with E-state index >= 15 is 0 Å². The third kappa shape index (κ3) is 47.7. The van der Waals surface area contributed by atoms with Crippen molar-refractivity contribution in [2.75, 3.05) is 91.3 Å². The van der Waals surface area contributed by atoms with Crippen molar-refractivity contribution >= 4 is 86.9 Å². The first-order valence-corrected chi connectivity index (χ1v) is 54.2. The Morgan fingerprint density at radius 3 is 1.18 bits per heavy atom. The van der Waals surface area contributed by atoms with Crippen LogP contribution in [-0.4, -0.2) is 213 Å². The van der Waals surface area contributed by atoms with Crippen LogP contribution in [0.25, 0.3) is 0 Å². The minimum Gasteiger partial charge on any atom is -0.353 e. The molecule has 7 rings (SSSR count). The fraction of sp³-hybridized carbons (Fsp3) is 0.515. The average molecular weight is 1960 g/mol. The Balaban J connectivity index is 0.000000361. The van der Waals surface area contributed by atoms with Gasteiger partial charge in [0.15, 0.2) is 5.78 Å². The summed E-state index contributed by atoms with van der Waals surface area (Å²) < 4.78 is 112. The van der Waals surface area contributed by atoms with E-state index in [1.165, 1.54) is 29.5 Å². The van der Waals surface area contributed by atoms with E-state index in [4.69, 9.17) is 28.7 Å². The molecule has 0 aliphatic carbocycles. The lowest BCUT2D eigenvalue weighted by Gasteiger charge is -2.29. The van der Waals surface area contributed by atoms with Gasteiger partial charge in [-0.25, -0.2) is 33.7 Å². The summed E-state index contributed by atoms with van der Waals surface area (Å²) in [6, 6.07) is 63.1. The van der Waals surface area contributed by atoms with Crippen LogP contribution in [-0.2, 0) is 121 Å². The molecule has 0 aliphatic rings. The number of sulfonamides is 4. The zero-order chi connectivity index (χ0) is 99.9. The first-order valence-electron chi connectivity index (χ1n) is 47.8. The Kier molecular flexibility index (Phi) is 55.0. The Labute approximate surface area is 810 Å². The molecule has 7 aromatic rings. The fourth-order valence-electron chi connectivity index (χ4n) is 16.2. The van der Waals surface area contributed by atoms with Crippen LogP contribution in [0, 0.1) is 29.6 Å². The SMILES string of the molecule is CC(=O)CN(C[C@@H](CC(=O)[C@H](CCCCN)NC(=O)CN(C)S(=O)(=O)Cc1ccccc1)Cc1ccccc1)S(=O)(=O)Cc1ccccc1.CC(C)C[C@@H](CCCCN)C(=O)N[C@@H](CCCCN)CN(CC(=O)N[C@H](C)Cc1ccccc1)S(=O)(=O)Cc1ccccc1.CC[C@H](Cc1ccccc1)NC(=O)[C@@H](CC(=O)CN(C[C@H](CCCCN)CC(C)=O)S(=O)(=O)CCN)Cc1ccccc1. The maximum Gasteiger partial charge on any atom is 0.235 e. The number of amides is 4. The number of hydrogen-bond donors (Lipinski definition) is 9. The van der Waals surface area contributed by atoms with E-state index in [-0.39, 0.29) is 159 Å². The van der Waals surface area contributed by atoms with E-state index < -0.39 is 76.5 Å². The van der Waals surface area contributed by atoms with Gasteiger partial charge in [-0.1, -0.05) is 252 Å². The van der Waals surface area contributed by atoms with Crippen LogP contribution in [0.15, 0.2) is 212 Å². The molecule has 0 aromatic heterocycles. The van der Waals surface area contributed by atoms with Gasteiger partial charge >= 0.3 is 0 Å². The summed E-state index contributed by atoms with van der Waals surface area (Å²) in [6.45, 7) is 11.3. The molecular formula is C103H153N13O16S4. The van der Waals surface area contributed by atoms with E-state index in [0.717, 1.165) is 88.7 Å². The molecule has 4 amide bonds. The van der Waals surface area contributed by atoms with Crippen molar-refractivity contribution in [2.45, 2.75) is 218 Å². The lowest BCUT2D eigenvalue weighted by molar-refractivity contribution is -0.130. The van der Waals surface area contributed by atoms with Crippen LogP contribution in [0.4, 0.5) is 0 Å². The number of nitrogens with two attached hydrogens (primary N) is 5. The number of carbonyl (C=O) groups is 8. The highest BCUT2D eigenvalue weighted by atomic mass is 32.2. The Hall–Kier alpha value is -9.46. The predicted octanol–water partition coefficient (Wildman–Crippen LogP) is 10.5. The maximum atomic E-state index is 13.9. The van der Waals surface area contributed by atoms with Crippen LogP contribution in [0.1, 0.15) is 190 Å². The molecule has 0 saturated carbocycles. The van der Waals surface area contributed by atoms with Crippen molar-refractivity contribution in [3.8, 4) is 0 Å². The number of nitrogens with zero attached hydrogens (tertiary/aromatic N) is 4. The molecule has 8 atom stereocenters. The van der Waals surface area contributed by atoms with Gasteiger partial charge in [0.2, 0.25) is 63.7 Å². The number of hydrogen-bond acceptors (Lipinski definition) is 21. The summed E-state index contributed by atoms with van der Waals surface area (Å²) in [4.78, 5) is 105. The minimum absolute atomic E-state index is 0.00314. The molecule has 29 nitrogen and oxygen atoms in total. The van der Waals surface area contributed by atoms with E-state index in [9.17, 15) is 72.0 Å². The second-order valence-corrected chi connectivity index (χ2v) is 44.1. The molecule has 7 aromatic carbocycles. The molecule has 14 N–H and O–H groups in total. The van der Waals surface area contributed by atoms with Crippen LogP contribution in [0.3, 0.4) is 0 Å². The largest absolute Gasteiger partial charge is 0.353 e. The molecule has 0 radical (unpaired) electrons. The van der Waals surface area contributed by atoms with Crippen molar-refractivity contribution in [3.63, 3.8) is 0 Å². The normalized spacial score (nSPS) is 13.6. The predicted molar refractivity (Wildman–Crippen MR) is 542 cm³/mol. The van der Waals surface area contributed by atoms with Gasteiger partial charge in [-0.15, -0.1) is 0 Å². The maximum absolute atomic E-state index is 13.9. The van der Waals surface area contributed by atoms with E-state index in [1.807, 2.05) is 141 Å². The van der Waals surface area contributed by atoms with Crippen LogP contribution in [0.5, 0.6) is 0 Å². The molecule has 750 valence electrons. The van der Waals surface area contributed by atoms with Gasteiger partial charge in [0.05, 0.1) is 55.2 Å². The monoisotopic (exact) mass is 1960 g/mol. The molecule has 0 aliphatic heterocycles. The topological polar surface area (TPSA) is 464 Å². The summed E-state index contributed by atoms with van der Waals surface area (Å²) in [5.41, 5.74) is 34.2. The van der Waals surface area contributed by atoms with Crippen molar-refractivity contribution < 1.29 is 72.0 Å². The summed E-state index contributed by atoms with van der Waals surface area (Å²) in [7, 11) is -14.2. The van der Waals surface area contributed by atoms with Crippen molar-refractivity contribution in [3.05, 3.63) is 251 Å². The number of carbonyl (C=O) groups excluding carboxylic acids is 8. The van der Waals surface area contributed by atoms with Crippen LogP contribution in [0.2, 0.25) is 0 Å². The number of rotatable bonds is 66. The fourth-order valence-corrected chi connectivity index (χ4v) is 21.8. The molecule has 0 heterocycles. The molecule has 0 spiro atoms. The highest BCUT2D eigenvalue weighted by Gasteiger charge is 2.36. The van der Waals surface area contributed by atoms with E-state index in [1.54, 1.807) is 84.9 Å². The summed E-state index contributed by atoms with van der Waals surface area (Å²) in [5, 5.41) is 12.0. The molecule has 0 bridgehead atoms. The van der Waals surface area contributed by atoms with Gasteiger partial charge in [-0.2, -0.15) is 17.2 Å². The highest BCUT2D eigenvalue weighted by Crippen LogP contribution is 2.26. The van der Waals surface area contributed by atoms with E-state index in [0.29, 0.717) is 100 Å². The molecular weight excluding hydrogens is 1800 g/mol. The first-order chi connectivity index (χ1) is 64.9. The van der Waals surface area contributed by atoms with Crippen molar-refractivity contribution in [1.29, 1.82) is 0 Å². The lowest BCUT2D eigenvalue weighted by atomic mass is 9.90. The number of unbranched alkanes of at least 4 members (excludes halogenated alkanes) is 4. The Morgan fingerprint density at radius 2 is 0.735 bits per heavy atom. The molecule has 136 heavy (non-hydrogen) atoms. The molecule has 0 unspecified atom stereocenters. The second kappa shape index (κ2) is 63.9. The zero-order valence-electron chi connectivity index (χ0n) is 80.9. The van der Waals surface area contributed by atoms with E-state index in [2.05, 4.69) is 35.1 Å². The van der Waals surface area contributed by atoms with Crippen LogP contribution >= 0.6 is 0 Å². The van der Waals surface area contributed by atoms with Crippen LogP contribution < -0.4 is 49.9 Å². The smallest absolute Gasteiger partial charge is 0.235 e. The van der Waals surface area contributed by atoms with Gasteiger partial charge in [-0.3, -0.25) is 33.6 Å².